The number of likely N-dealkylation sites (tertiary alicyclic amines) is 2. The molecule has 0 aromatic rings. The van der Waals surface area contributed by atoms with Crippen LogP contribution < -0.4 is 0 Å². The molecule has 2 saturated heterocycles. The number of piperidine rings is 2. The van der Waals surface area contributed by atoms with Crippen LogP contribution in [0.1, 0.15) is 46.0 Å². The third-order valence-corrected chi connectivity index (χ3v) is 5.08. The summed E-state index contributed by atoms with van der Waals surface area (Å²) in [7, 11) is 2.26. The maximum absolute atomic E-state index is 2.73. The lowest BCUT2D eigenvalue weighted by atomic mass is 9.79. The first kappa shape index (κ1) is 13.4. The molecule has 17 heavy (non-hydrogen) atoms. The summed E-state index contributed by atoms with van der Waals surface area (Å²) in [6.45, 7) is 11.5. The fraction of sp³-hybridized carbons (Fsp3) is 1.00. The molecule has 0 aromatic heterocycles. The van der Waals surface area contributed by atoms with Crippen LogP contribution in [-0.2, 0) is 0 Å². The van der Waals surface area contributed by atoms with E-state index in [4.69, 9.17) is 0 Å². The third-order valence-electron chi connectivity index (χ3n) is 5.08. The summed E-state index contributed by atoms with van der Waals surface area (Å²) in [5.74, 6) is 1.01. The Bertz CT molecular complexity index is 223. The first-order valence-electron chi connectivity index (χ1n) is 7.52. The molecule has 0 amide bonds. The average molecular weight is 238 g/mol. The minimum atomic E-state index is 0.589. The SMILES string of the molecule is CCC1CCN(CC2(C)CCN(C)CC2)CC1. The Kier molecular flexibility index (Phi) is 4.48. The van der Waals surface area contributed by atoms with Crippen LogP contribution in [0.4, 0.5) is 0 Å². The van der Waals surface area contributed by atoms with Gasteiger partial charge in [0.2, 0.25) is 0 Å². The summed E-state index contributed by atoms with van der Waals surface area (Å²) in [5.41, 5.74) is 0.589. The summed E-state index contributed by atoms with van der Waals surface area (Å²) in [4.78, 5) is 5.21. The molecule has 0 unspecified atom stereocenters. The van der Waals surface area contributed by atoms with Crippen molar-refractivity contribution in [2.45, 2.75) is 46.0 Å². The first-order valence-corrected chi connectivity index (χ1v) is 7.52. The van der Waals surface area contributed by atoms with E-state index >= 15 is 0 Å². The maximum atomic E-state index is 2.73. The van der Waals surface area contributed by atoms with Crippen LogP contribution in [0.5, 0.6) is 0 Å². The van der Waals surface area contributed by atoms with E-state index in [1.54, 1.807) is 0 Å². The van der Waals surface area contributed by atoms with Gasteiger partial charge < -0.3 is 9.80 Å². The second-order valence-electron chi connectivity index (χ2n) is 6.74. The zero-order valence-corrected chi connectivity index (χ0v) is 12.0. The van der Waals surface area contributed by atoms with Gasteiger partial charge in [0.15, 0.2) is 0 Å². The van der Waals surface area contributed by atoms with Crippen LogP contribution in [0, 0.1) is 11.3 Å². The molecule has 100 valence electrons. The van der Waals surface area contributed by atoms with Gasteiger partial charge in [-0.2, -0.15) is 0 Å². The second kappa shape index (κ2) is 5.71. The van der Waals surface area contributed by atoms with Gasteiger partial charge in [-0.3, -0.25) is 0 Å². The molecule has 0 spiro atoms. The average Bonchev–Trinajstić information content (AvgIpc) is 2.34. The molecule has 2 heteroatoms. The van der Waals surface area contributed by atoms with Gasteiger partial charge in [-0.1, -0.05) is 20.3 Å². The van der Waals surface area contributed by atoms with Crippen molar-refractivity contribution < 1.29 is 0 Å². The summed E-state index contributed by atoms with van der Waals surface area (Å²) in [5, 5.41) is 0. The second-order valence-corrected chi connectivity index (χ2v) is 6.74. The predicted octanol–water partition coefficient (Wildman–Crippen LogP) is 2.84. The Balaban J connectivity index is 1.77. The molecule has 0 N–H and O–H groups in total. The van der Waals surface area contributed by atoms with Crippen LogP contribution >= 0.6 is 0 Å². The molecule has 0 aliphatic carbocycles. The van der Waals surface area contributed by atoms with Gasteiger partial charge in [0, 0.05) is 6.54 Å². The standard InChI is InChI=1S/C15H30N2/c1-4-14-5-9-17(10-6-14)13-15(2)7-11-16(3)12-8-15/h14H,4-13H2,1-3H3. The van der Waals surface area contributed by atoms with E-state index in [1.165, 1.54) is 64.8 Å². The Hall–Kier alpha value is -0.0800. The molecule has 2 aliphatic heterocycles. The largest absolute Gasteiger partial charge is 0.306 e. The van der Waals surface area contributed by atoms with Crippen LogP contribution in [0.3, 0.4) is 0 Å². The number of rotatable bonds is 3. The Morgan fingerprint density at radius 1 is 1.06 bits per heavy atom. The molecule has 2 rings (SSSR count). The van der Waals surface area contributed by atoms with E-state index < -0.39 is 0 Å². The van der Waals surface area contributed by atoms with Gasteiger partial charge in [0.05, 0.1) is 0 Å². The molecule has 0 radical (unpaired) electrons. The van der Waals surface area contributed by atoms with E-state index in [2.05, 4.69) is 30.7 Å². The third kappa shape index (κ3) is 3.69. The van der Waals surface area contributed by atoms with Crippen LogP contribution in [0.25, 0.3) is 0 Å². The molecule has 2 nitrogen and oxygen atoms in total. The number of hydrogen-bond acceptors (Lipinski definition) is 2. The van der Waals surface area contributed by atoms with Gasteiger partial charge >= 0.3 is 0 Å². The highest BCUT2D eigenvalue weighted by atomic mass is 15.1. The minimum Gasteiger partial charge on any atom is -0.306 e. The monoisotopic (exact) mass is 238 g/mol. The van der Waals surface area contributed by atoms with Gasteiger partial charge in [-0.05, 0) is 70.2 Å². The van der Waals surface area contributed by atoms with Crippen molar-refractivity contribution in [2.24, 2.45) is 11.3 Å². The molecule has 2 aliphatic rings. The Labute approximate surface area is 107 Å². The topological polar surface area (TPSA) is 6.48 Å². The fourth-order valence-corrected chi connectivity index (χ4v) is 3.41. The van der Waals surface area contributed by atoms with Crippen molar-refractivity contribution in [2.75, 3.05) is 39.8 Å². The van der Waals surface area contributed by atoms with Crippen LogP contribution in [-0.4, -0.2) is 49.6 Å². The molecule has 0 aromatic carbocycles. The normalized spacial score (nSPS) is 28.4. The van der Waals surface area contributed by atoms with Crippen LogP contribution in [0.15, 0.2) is 0 Å². The summed E-state index contributed by atoms with van der Waals surface area (Å²) < 4.78 is 0. The zero-order valence-electron chi connectivity index (χ0n) is 12.0. The molecule has 0 saturated carbocycles. The van der Waals surface area contributed by atoms with Crippen molar-refractivity contribution in [3.63, 3.8) is 0 Å². The summed E-state index contributed by atoms with van der Waals surface area (Å²) in [6, 6.07) is 0. The van der Waals surface area contributed by atoms with E-state index in [0.717, 1.165) is 5.92 Å². The van der Waals surface area contributed by atoms with E-state index in [1.807, 2.05) is 0 Å². The van der Waals surface area contributed by atoms with Gasteiger partial charge in [0.25, 0.3) is 0 Å². The van der Waals surface area contributed by atoms with Crippen molar-refractivity contribution in [3.05, 3.63) is 0 Å². The number of hydrogen-bond donors (Lipinski definition) is 0. The molecular weight excluding hydrogens is 208 g/mol. The smallest absolute Gasteiger partial charge is 0.00363 e. The molecule has 2 fully saturated rings. The van der Waals surface area contributed by atoms with E-state index in [-0.39, 0.29) is 0 Å². The Morgan fingerprint density at radius 3 is 2.18 bits per heavy atom. The highest BCUT2D eigenvalue weighted by molar-refractivity contribution is 4.85. The molecular formula is C15H30N2. The summed E-state index contributed by atoms with van der Waals surface area (Å²) in [6.07, 6.45) is 7.03. The lowest BCUT2D eigenvalue weighted by Crippen LogP contribution is -2.45. The predicted molar refractivity (Wildman–Crippen MR) is 74.3 cm³/mol. The summed E-state index contributed by atoms with van der Waals surface area (Å²) >= 11 is 0. The molecule has 0 bridgehead atoms. The highest BCUT2D eigenvalue weighted by Gasteiger charge is 2.31. The zero-order chi connectivity index (χ0) is 12.3. The van der Waals surface area contributed by atoms with Crippen LogP contribution in [0.2, 0.25) is 0 Å². The Morgan fingerprint density at radius 2 is 1.65 bits per heavy atom. The molecule has 2 heterocycles. The van der Waals surface area contributed by atoms with E-state index in [0.29, 0.717) is 5.41 Å². The lowest BCUT2D eigenvalue weighted by molar-refractivity contribution is 0.0676. The van der Waals surface area contributed by atoms with Crippen molar-refractivity contribution in [3.8, 4) is 0 Å². The van der Waals surface area contributed by atoms with Crippen molar-refractivity contribution in [1.82, 2.24) is 9.80 Å². The highest BCUT2D eigenvalue weighted by Crippen LogP contribution is 2.32. The first-order chi connectivity index (χ1) is 8.11. The van der Waals surface area contributed by atoms with Gasteiger partial charge in [-0.25, -0.2) is 0 Å². The van der Waals surface area contributed by atoms with Gasteiger partial charge in [0.1, 0.15) is 0 Å². The van der Waals surface area contributed by atoms with Crippen molar-refractivity contribution in [1.29, 1.82) is 0 Å². The van der Waals surface area contributed by atoms with E-state index in [9.17, 15) is 0 Å². The fourth-order valence-electron chi connectivity index (χ4n) is 3.41. The minimum absolute atomic E-state index is 0.589. The van der Waals surface area contributed by atoms with Gasteiger partial charge in [-0.15, -0.1) is 0 Å². The maximum Gasteiger partial charge on any atom is 0.00363 e. The number of nitrogens with zero attached hydrogens (tertiary/aromatic N) is 2. The lowest BCUT2D eigenvalue weighted by Gasteiger charge is -2.43. The molecule has 0 atom stereocenters. The van der Waals surface area contributed by atoms with Crippen molar-refractivity contribution >= 4 is 0 Å². The quantitative estimate of drug-likeness (QED) is 0.746.